The van der Waals surface area contributed by atoms with Gasteiger partial charge in [-0.1, -0.05) is 26.7 Å². The first-order valence-corrected chi connectivity index (χ1v) is 4.54. The van der Waals surface area contributed by atoms with Gasteiger partial charge in [0.15, 0.2) is 0 Å². The fourth-order valence-corrected chi connectivity index (χ4v) is 1.52. The summed E-state index contributed by atoms with van der Waals surface area (Å²) in [6, 6.07) is 0. The Morgan fingerprint density at radius 3 is 2.33 bits per heavy atom. The summed E-state index contributed by atoms with van der Waals surface area (Å²) >= 11 is 0. The molecule has 0 aromatic heterocycles. The van der Waals surface area contributed by atoms with Gasteiger partial charge in [-0.25, -0.2) is 0 Å². The van der Waals surface area contributed by atoms with E-state index in [2.05, 4.69) is 13.8 Å². The Balaban J connectivity index is 3.96. The fraction of sp³-hybridized carbons (Fsp3) is 1.00. The van der Waals surface area contributed by atoms with E-state index in [0.29, 0.717) is 12.3 Å². The molecule has 0 aliphatic heterocycles. The second-order valence-electron chi connectivity index (χ2n) is 4.17. The zero-order chi connectivity index (χ0) is 9.78. The van der Waals surface area contributed by atoms with Crippen LogP contribution in [-0.4, -0.2) is 10.5 Å². The van der Waals surface area contributed by atoms with Crippen LogP contribution >= 0.6 is 0 Å². The molecule has 3 heteroatoms. The first-order valence-electron chi connectivity index (χ1n) is 4.54. The summed E-state index contributed by atoms with van der Waals surface area (Å²) in [4.78, 5) is 10.4. The van der Waals surface area contributed by atoms with Crippen molar-refractivity contribution >= 4 is 0 Å². The Bertz CT molecular complexity index is 155. The molecule has 0 fully saturated rings. The van der Waals surface area contributed by atoms with Crippen molar-refractivity contribution in [3.63, 3.8) is 0 Å². The predicted octanol–water partition coefficient (Wildman–Crippen LogP) is 2.87. The van der Waals surface area contributed by atoms with Crippen LogP contribution in [0.4, 0.5) is 0 Å². The van der Waals surface area contributed by atoms with Gasteiger partial charge in [-0.2, -0.15) is 0 Å². The largest absolute Gasteiger partial charge is 0.264 e. The molecule has 0 radical (unpaired) electrons. The zero-order valence-electron chi connectivity index (χ0n) is 8.46. The van der Waals surface area contributed by atoms with Crippen LogP contribution in [0.15, 0.2) is 0 Å². The first-order chi connectivity index (χ1) is 5.40. The molecule has 0 spiro atoms. The molecule has 1 unspecified atom stereocenters. The van der Waals surface area contributed by atoms with Gasteiger partial charge in [0.1, 0.15) is 0 Å². The molecule has 3 nitrogen and oxygen atoms in total. The normalized spacial score (nSPS) is 14.3. The topological polar surface area (TPSA) is 43.1 Å². The van der Waals surface area contributed by atoms with Crippen molar-refractivity contribution in [3.05, 3.63) is 10.1 Å². The third-order valence-electron chi connectivity index (χ3n) is 2.12. The number of nitrogens with zero attached hydrogens (tertiary/aromatic N) is 1. The van der Waals surface area contributed by atoms with Crippen LogP contribution in [0.2, 0.25) is 0 Å². The SMILES string of the molecule is CCCC(C)CC(C)(C)[N+](=O)[O-]. The maximum atomic E-state index is 10.6. The van der Waals surface area contributed by atoms with Crippen molar-refractivity contribution in [1.82, 2.24) is 0 Å². The monoisotopic (exact) mass is 173 g/mol. The van der Waals surface area contributed by atoms with Crippen molar-refractivity contribution < 1.29 is 4.92 Å². The second kappa shape index (κ2) is 4.43. The van der Waals surface area contributed by atoms with Gasteiger partial charge in [0.25, 0.3) is 0 Å². The average Bonchev–Trinajstić information content (AvgIpc) is 1.85. The molecule has 0 aliphatic carbocycles. The lowest BCUT2D eigenvalue weighted by molar-refractivity contribution is -0.563. The molecule has 0 rings (SSSR count). The van der Waals surface area contributed by atoms with Crippen LogP contribution in [0.3, 0.4) is 0 Å². The Labute approximate surface area is 74.3 Å². The van der Waals surface area contributed by atoms with Crippen LogP contribution in [-0.2, 0) is 0 Å². The molecule has 72 valence electrons. The Hall–Kier alpha value is -0.600. The minimum absolute atomic E-state index is 0.181. The number of hydrogen-bond acceptors (Lipinski definition) is 2. The highest BCUT2D eigenvalue weighted by atomic mass is 16.6. The fourth-order valence-electron chi connectivity index (χ4n) is 1.52. The smallest absolute Gasteiger partial charge is 0.217 e. The first kappa shape index (κ1) is 11.4. The number of rotatable bonds is 5. The molecular weight excluding hydrogens is 154 g/mol. The summed E-state index contributed by atoms with van der Waals surface area (Å²) in [6.07, 6.45) is 2.86. The Morgan fingerprint density at radius 2 is 2.00 bits per heavy atom. The van der Waals surface area contributed by atoms with Crippen molar-refractivity contribution in [2.45, 2.75) is 52.5 Å². The van der Waals surface area contributed by atoms with Gasteiger partial charge in [0.05, 0.1) is 0 Å². The highest BCUT2D eigenvalue weighted by molar-refractivity contribution is 4.70. The third-order valence-corrected chi connectivity index (χ3v) is 2.12. The molecule has 0 amide bonds. The summed E-state index contributed by atoms with van der Waals surface area (Å²) in [5.74, 6) is 0.454. The summed E-state index contributed by atoms with van der Waals surface area (Å²) in [5, 5.41) is 10.6. The van der Waals surface area contributed by atoms with E-state index in [9.17, 15) is 10.1 Å². The van der Waals surface area contributed by atoms with E-state index in [1.54, 1.807) is 13.8 Å². The molecule has 0 aliphatic rings. The zero-order valence-corrected chi connectivity index (χ0v) is 8.46. The lowest BCUT2D eigenvalue weighted by Crippen LogP contribution is -2.32. The minimum Gasteiger partial charge on any atom is -0.264 e. The van der Waals surface area contributed by atoms with E-state index in [4.69, 9.17) is 0 Å². The van der Waals surface area contributed by atoms with Gasteiger partial charge in [-0.3, -0.25) is 10.1 Å². The number of hydrogen-bond donors (Lipinski definition) is 0. The van der Waals surface area contributed by atoms with Crippen molar-refractivity contribution in [1.29, 1.82) is 0 Å². The molecule has 0 bridgehead atoms. The summed E-state index contributed by atoms with van der Waals surface area (Å²) in [5.41, 5.74) is -0.755. The molecule has 0 saturated carbocycles. The van der Waals surface area contributed by atoms with Crippen molar-refractivity contribution in [3.8, 4) is 0 Å². The molecule has 0 saturated heterocycles. The third kappa shape index (κ3) is 3.69. The Kier molecular flexibility index (Phi) is 4.21. The molecule has 0 aromatic rings. The highest BCUT2D eigenvalue weighted by Crippen LogP contribution is 2.22. The van der Waals surface area contributed by atoms with Gasteiger partial charge in [-0.15, -0.1) is 0 Å². The quantitative estimate of drug-likeness (QED) is 0.474. The Morgan fingerprint density at radius 1 is 1.50 bits per heavy atom. The van der Waals surface area contributed by atoms with Gasteiger partial charge >= 0.3 is 0 Å². The molecule has 0 N–H and O–H groups in total. The van der Waals surface area contributed by atoms with Crippen molar-refractivity contribution in [2.75, 3.05) is 0 Å². The lowest BCUT2D eigenvalue weighted by atomic mass is 9.90. The van der Waals surface area contributed by atoms with Crippen LogP contribution in [0.1, 0.15) is 47.0 Å². The van der Waals surface area contributed by atoms with E-state index in [0.717, 1.165) is 12.8 Å². The predicted molar refractivity (Wildman–Crippen MR) is 49.8 cm³/mol. The minimum atomic E-state index is -0.755. The van der Waals surface area contributed by atoms with Crippen LogP contribution in [0, 0.1) is 16.0 Å². The lowest BCUT2D eigenvalue weighted by Gasteiger charge is -2.19. The summed E-state index contributed by atoms with van der Waals surface area (Å²) in [6.45, 7) is 7.57. The van der Waals surface area contributed by atoms with E-state index in [1.165, 1.54) is 0 Å². The molecule has 0 heterocycles. The van der Waals surface area contributed by atoms with E-state index in [1.807, 2.05) is 0 Å². The van der Waals surface area contributed by atoms with E-state index < -0.39 is 5.54 Å². The van der Waals surface area contributed by atoms with Gasteiger partial charge in [-0.05, 0) is 5.92 Å². The summed E-state index contributed by atoms with van der Waals surface area (Å²) in [7, 11) is 0. The van der Waals surface area contributed by atoms with Crippen LogP contribution in [0.5, 0.6) is 0 Å². The van der Waals surface area contributed by atoms with Crippen molar-refractivity contribution in [2.24, 2.45) is 5.92 Å². The summed E-state index contributed by atoms with van der Waals surface area (Å²) < 4.78 is 0. The van der Waals surface area contributed by atoms with Gasteiger partial charge in [0.2, 0.25) is 5.54 Å². The molecular formula is C9H19NO2. The maximum Gasteiger partial charge on any atom is 0.217 e. The van der Waals surface area contributed by atoms with Gasteiger partial charge < -0.3 is 0 Å². The molecule has 0 aromatic carbocycles. The second-order valence-corrected chi connectivity index (χ2v) is 4.17. The highest BCUT2D eigenvalue weighted by Gasteiger charge is 2.31. The number of nitro groups is 1. The van der Waals surface area contributed by atoms with Crippen LogP contribution < -0.4 is 0 Å². The van der Waals surface area contributed by atoms with E-state index in [-0.39, 0.29) is 4.92 Å². The average molecular weight is 173 g/mol. The molecule has 1 atom stereocenters. The van der Waals surface area contributed by atoms with Crippen LogP contribution in [0.25, 0.3) is 0 Å². The standard InChI is InChI=1S/C9H19NO2/c1-5-6-8(2)7-9(3,4)10(11)12/h8H,5-7H2,1-4H3. The maximum absolute atomic E-state index is 10.6. The van der Waals surface area contributed by atoms with E-state index >= 15 is 0 Å². The van der Waals surface area contributed by atoms with Gasteiger partial charge in [0, 0.05) is 25.2 Å². The molecule has 12 heavy (non-hydrogen) atoms.